The Morgan fingerprint density at radius 1 is 1.17 bits per heavy atom. The lowest BCUT2D eigenvalue weighted by Gasteiger charge is -2.30. The first-order chi connectivity index (χ1) is 14.2. The topological polar surface area (TPSA) is 82.5 Å². The van der Waals surface area contributed by atoms with Crippen molar-refractivity contribution >= 4 is 17.9 Å². The summed E-state index contributed by atoms with van der Waals surface area (Å²) < 4.78 is 2.14. The van der Waals surface area contributed by atoms with Gasteiger partial charge in [0.25, 0.3) is 5.91 Å². The summed E-state index contributed by atoms with van der Waals surface area (Å²) in [4.78, 5) is 34.9. The first-order valence-corrected chi connectivity index (χ1v) is 10.9. The Kier molecular flexibility index (Phi) is 6.98. The number of carbonyl (C=O) groups excluding carboxylic acids is 2. The number of hydrogen-bond acceptors (Lipinski definition) is 5. The minimum atomic E-state index is -0.636. The van der Waals surface area contributed by atoms with Gasteiger partial charge in [-0.2, -0.15) is 0 Å². The molecule has 0 aliphatic carbocycles. The number of imidazole rings is 1. The number of likely N-dealkylation sites (tertiary alicyclic amines) is 1. The molecule has 1 saturated heterocycles. The number of aromatic nitrogens is 2. The van der Waals surface area contributed by atoms with E-state index in [1.54, 1.807) is 7.05 Å². The zero-order valence-electron chi connectivity index (χ0n) is 19.0. The lowest BCUT2D eigenvalue weighted by atomic mass is 9.86. The van der Waals surface area contributed by atoms with Crippen LogP contribution in [0.1, 0.15) is 55.6 Å². The monoisotopic (exact) mass is 416 g/mol. The molecule has 3 rings (SSSR count). The van der Waals surface area contributed by atoms with E-state index < -0.39 is 11.5 Å². The lowest BCUT2D eigenvalue weighted by Crippen LogP contribution is -2.53. The number of rotatable bonds is 6. The van der Waals surface area contributed by atoms with Crippen molar-refractivity contribution in [2.45, 2.75) is 52.7 Å². The molecule has 0 radical (unpaired) electrons. The Morgan fingerprint density at radius 2 is 1.87 bits per heavy atom. The van der Waals surface area contributed by atoms with Crippen LogP contribution in [0.25, 0.3) is 6.08 Å². The summed E-state index contributed by atoms with van der Waals surface area (Å²) in [6.45, 7) is 11.4. The smallest absolute Gasteiger partial charge is 0.272 e. The van der Waals surface area contributed by atoms with Crippen molar-refractivity contribution in [2.75, 3.05) is 40.3 Å². The molecule has 2 aliphatic heterocycles. The normalized spacial score (nSPS) is 19.1. The van der Waals surface area contributed by atoms with Gasteiger partial charge in [-0.05, 0) is 44.5 Å². The van der Waals surface area contributed by atoms with Gasteiger partial charge in [0.15, 0.2) is 5.69 Å². The van der Waals surface area contributed by atoms with Crippen LogP contribution < -0.4 is 10.6 Å². The van der Waals surface area contributed by atoms with E-state index in [1.165, 1.54) is 12.8 Å². The minimum absolute atomic E-state index is 0.202. The van der Waals surface area contributed by atoms with E-state index in [0.29, 0.717) is 12.2 Å². The van der Waals surface area contributed by atoms with Crippen molar-refractivity contribution in [1.29, 1.82) is 0 Å². The third-order valence-corrected chi connectivity index (χ3v) is 5.92. The first kappa shape index (κ1) is 22.5. The van der Waals surface area contributed by atoms with Crippen LogP contribution in [0.5, 0.6) is 0 Å². The Balaban J connectivity index is 1.84. The third-order valence-electron chi connectivity index (χ3n) is 5.92. The van der Waals surface area contributed by atoms with Gasteiger partial charge in [-0.1, -0.05) is 26.8 Å². The van der Waals surface area contributed by atoms with E-state index in [2.05, 4.69) is 31.1 Å². The molecular formula is C22H36N6O2. The molecule has 166 valence electrons. The van der Waals surface area contributed by atoms with Crippen molar-refractivity contribution in [3.63, 3.8) is 0 Å². The second kappa shape index (κ2) is 9.31. The predicted molar refractivity (Wildman–Crippen MR) is 118 cm³/mol. The zero-order valence-corrected chi connectivity index (χ0v) is 19.0. The van der Waals surface area contributed by atoms with Gasteiger partial charge in [-0.3, -0.25) is 19.4 Å². The first-order valence-electron chi connectivity index (χ1n) is 10.9. The number of amides is 2. The molecule has 1 atom stereocenters. The fourth-order valence-electron chi connectivity index (χ4n) is 4.12. The van der Waals surface area contributed by atoms with E-state index in [1.807, 2.05) is 33.9 Å². The number of fused-ring (bicyclic) bond motifs is 1. The molecule has 3 heterocycles. The number of nitrogens with zero attached hydrogens (tertiary/aromatic N) is 4. The van der Waals surface area contributed by atoms with E-state index in [-0.39, 0.29) is 11.8 Å². The summed E-state index contributed by atoms with van der Waals surface area (Å²) in [7, 11) is 3.63. The number of carbonyl (C=O) groups is 2. The van der Waals surface area contributed by atoms with Gasteiger partial charge in [-0.15, -0.1) is 0 Å². The van der Waals surface area contributed by atoms with Gasteiger partial charge in [0, 0.05) is 33.2 Å². The average Bonchev–Trinajstić information content (AvgIpc) is 3.32. The van der Waals surface area contributed by atoms with Gasteiger partial charge in [0.2, 0.25) is 5.91 Å². The molecule has 0 aromatic carbocycles. The number of hydrogen-bond donors (Lipinski definition) is 2. The molecule has 2 amide bonds. The fraction of sp³-hybridized carbons (Fsp3) is 0.682. The molecular weight excluding hydrogens is 380 g/mol. The van der Waals surface area contributed by atoms with Crippen LogP contribution in [-0.4, -0.2) is 77.5 Å². The quantitative estimate of drug-likeness (QED) is 0.731. The second-order valence-corrected chi connectivity index (χ2v) is 9.45. The van der Waals surface area contributed by atoms with Crippen molar-refractivity contribution < 1.29 is 9.59 Å². The fourth-order valence-corrected chi connectivity index (χ4v) is 4.12. The molecule has 1 aromatic rings. The van der Waals surface area contributed by atoms with Crippen LogP contribution in [0.2, 0.25) is 0 Å². The number of nitrogens with one attached hydrogen (secondary N) is 2. The predicted octanol–water partition coefficient (Wildman–Crippen LogP) is 1.33. The molecule has 30 heavy (non-hydrogen) atoms. The van der Waals surface area contributed by atoms with E-state index in [0.717, 1.165) is 44.2 Å². The summed E-state index contributed by atoms with van der Waals surface area (Å²) >= 11 is 0. The maximum atomic E-state index is 13.2. The summed E-state index contributed by atoms with van der Waals surface area (Å²) in [6.07, 6.45) is 6.71. The van der Waals surface area contributed by atoms with Crippen LogP contribution in [0.4, 0.5) is 0 Å². The molecule has 1 unspecified atom stereocenters. The van der Waals surface area contributed by atoms with Gasteiger partial charge in [-0.25, -0.2) is 4.98 Å². The second-order valence-electron chi connectivity index (χ2n) is 9.45. The van der Waals surface area contributed by atoms with Crippen LogP contribution in [-0.2, 0) is 17.9 Å². The highest BCUT2D eigenvalue weighted by molar-refractivity contribution is 5.97. The molecule has 1 fully saturated rings. The van der Waals surface area contributed by atoms with Gasteiger partial charge >= 0.3 is 0 Å². The standard InChI is InChI=1S/C22H36N6O2/c1-22(2,3)19(21(30)23-4)25-20(29)18-16-15-26(5)13-14-28(16)17(24-18)9-8-12-27-10-6-7-11-27/h8-9,19H,6-7,10-15H2,1-5H3,(H,23,30)(H,25,29). The highest BCUT2D eigenvalue weighted by Gasteiger charge is 2.34. The van der Waals surface area contributed by atoms with Crippen LogP contribution >= 0.6 is 0 Å². The Hall–Kier alpha value is -2.19. The summed E-state index contributed by atoms with van der Waals surface area (Å²) in [5, 5.41) is 5.58. The maximum absolute atomic E-state index is 13.2. The molecule has 8 heteroatoms. The molecule has 0 bridgehead atoms. The molecule has 0 saturated carbocycles. The summed E-state index contributed by atoms with van der Waals surface area (Å²) in [5.74, 6) is 0.318. The van der Waals surface area contributed by atoms with Crippen molar-refractivity contribution in [3.8, 4) is 0 Å². The van der Waals surface area contributed by atoms with Crippen molar-refractivity contribution in [1.82, 2.24) is 30.0 Å². The van der Waals surface area contributed by atoms with Crippen LogP contribution in [0.15, 0.2) is 6.08 Å². The molecule has 0 spiro atoms. The Morgan fingerprint density at radius 3 is 2.50 bits per heavy atom. The number of likely N-dealkylation sites (N-methyl/N-ethyl adjacent to an activating group) is 2. The van der Waals surface area contributed by atoms with E-state index >= 15 is 0 Å². The largest absolute Gasteiger partial charge is 0.357 e. The Labute approximate surface area is 179 Å². The zero-order chi connectivity index (χ0) is 21.9. The van der Waals surface area contributed by atoms with Crippen molar-refractivity contribution in [2.24, 2.45) is 5.41 Å². The molecule has 2 aliphatic rings. The average molecular weight is 417 g/mol. The molecule has 8 nitrogen and oxygen atoms in total. The van der Waals surface area contributed by atoms with Gasteiger partial charge in [0.05, 0.1) is 5.69 Å². The van der Waals surface area contributed by atoms with E-state index in [4.69, 9.17) is 4.98 Å². The van der Waals surface area contributed by atoms with Gasteiger partial charge < -0.3 is 15.2 Å². The van der Waals surface area contributed by atoms with Crippen molar-refractivity contribution in [3.05, 3.63) is 23.3 Å². The minimum Gasteiger partial charge on any atom is -0.357 e. The van der Waals surface area contributed by atoms with E-state index in [9.17, 15) is 9.59 Å². The van der Waals surface area contributed by atoms with Crippen LogP contribution in [0.3, 0.4) is 0 Å². The lowest BCUT2D eigenvalue weighted by molar-refractivity contribution is -0.124. The van der Waals surface area contributed by atoms with Crippen LogP contribution in [0, 0.1) is 5.41 Å². The highest BCUT2D eigenvalue weighted by atomic mass is 16.2. The summed E-state index contributed by atoms with van der Waals surface area (Å²) in [6, 6.07) is -0.636. The Bertz CT molecular complexity index is 801. The highest BCUT2D eigenvalue weighted by Crippen LogP contribution is 2.23. The maximum Gasteiger partial charge on any atom is 0.272 e. The SMILES string of the molecule is CNC(=O)C(NC(=O)c1nc(C=CCN2CCCC2)n2c1CN(C)CC2)C(C)(C)C. The van der Waals surface area contributed by atoms with Gasteiger partial charge in [0.1, 0.15) is 11.9 Å². The molecule has 1 aromatic heterocycles. The third kappa shape index (κ3) is 5.10. The molecule has 2 N–H and O–H groups in total. The summed E-state index contributed by atoms with van der Waals surface area (Å²) in [5.41, 5.74) is 0.914.